The highest BCUT2D eigenvalue weighted by Crippen LogP contribution is 2.21. The molecule has 21 heavy (non-hydrogen) atoms. The fourth-order valence-electron chi connectivity index (χ4n) is 1.75. The Kier molecular flexibility index (Phi) is 5.47. The van der Waals surface area contributed by atoms with Gasteiger partial charge in [-0.25, -0.2) is 0 Å². The number of amides is 1. The summed E-state index contributed by atoms with van der Waals surface area (Å²) >= 11 is 0. The average Bonchev–Trinajstić information content (AvgIpc) is 2.47. The molecule has 0 fully saturated rings. The van der Waals surface area contributed by atoms with E-state index in [0.29, 0.717) is 11.1 Å². The molecule has 2 aromatic carbocycles. The van der Waals surface area contributed by atoms with Crippen molar-refractivity contribution in [1.82, 2.24) is 0 Å². The van der Waals surface area contributed by atoms with Gasteiger partial charge >= 0.3 is 0 Å². The second kappa shape index (κ2) is 7.08. The van der Waals surface area contributed by atoms with Crippen molar-refractivity contribution >= 4 is 24.3 Å². The molecule has 0 saturated carbocycles. The number of rotatable bonds is 2. The Morgan fingerprint density at radius 2 is 1.71 bits per heavy atom. The molecule has 6 heteroatoms. The minimum absolute atomic E-state index is 0. The SMILES string of the molecule is Cl.N#Cc1ccc(-c2cccc(C(=O)N=C(N)N)c2)cc1. The molecule has 0 saturated heterocycles. The van der Waals surface area contributed by atoms with Crippen LogP contribution in [0.1, 0.15) is 15.9 Å². The minimum atomic E-state index is -0.486. The number of benzene rings is 2. The molecular weight excluding hydrogens is 288 g/mol. The summed E-state index contributed by atoms with van der Waals surface area (Å²) in [5, 5.41) is 8.77. The monoisotopic (exact) mass is 300 g/mol. The number of hydrogen-bond donors (Lipinski definition) is 2. The van der Waals surface area contributed by atoms with Crippen LogP contribution in [0, 0.1) is 11.3 Å². The number of nitrogens with zero attached hydrogens (tertiary/aromatic N) is 2. The van der Waals surface area contributed by atoms with E-state index in [0.717, 1.165) is 11.1 Å². The van der Waals surface area contributed by atoms with Gasteiger partial charge in [-0.15, -0.1) is 12.4 Å². The van der Waals surface area contributed by atoms with Crippen LogP contribution in [-0.2, 0) is 0 Å². The zero-order chi connectivity index (χ0) is 14.5. The van der Waals surface area contributed by atoms with E-state index in [1.807, 2.05) is 18.2 Å². The zero-order valence-corrected chi connectivity index (χ0v) is 11.8. The summed E-state index contributed by atoms with van der Waals surface area (Å²) in [6.45, 7) is 0. The van der Waals surface area contributed by atoms with Crippen LogP contribution in [-0.4, -0.2) is 11.9 Å². The van der Waals surface area contributed by atoms with Crippen molar-refractivity contribution in [2.45, 2.75) is 0 Å². The van der Waals surface area contributed by atoms with E-state index < -0.39 is 5.91 Å². The molecule has 0 bridgehead atoms. The molecular formula is C15H13ClN4O. The van der Waals surface area contributed by atoms with E-state index in [4.69, 9.17) is 16.7 Å². The van der Waals surface area contributed by atoms with Gasteiger partial charge in [-0.1, -0.05) is 24.3 Å². The van der Waals surface area contributed by atoms with E-state index in [1.165, 1.54) is 0 Å². The van der Waals surface area contributed by atoms with Gasteiger partial charge in [0.1, 0.15) is 0 Å². The molecule has 0 aliphatic rings. The van der Waals surface area contributed by atoms with E-state index >= 15 is 0 Å². The van der Waals surface area contributed by atoms with Crippen LogP contribution in [0.4, 0.5) is 0 Å². The fourth-order valence-corrected chi connectivity index (χ4v) is 1.75. The van der Waals surface area contributed by atoms with Crippen molar-refractivity contribution in [3.63, 3.8) is 0 Å². The Bertz CT molecular complexity index is 713. The molecule has 0 aliphatic heterocycles. The summed E-state index contributed by atoms with van der Waals surface area (Å²) < 4.78 is 0. The highest BCUT2D eigenvalue weighted by Gasteiger charge is 2.06. The highest BCUT2D eigenvalue weighted by atomic mass is 35.5. The Morgan fingerprint density at radius 1 is 1.05 bits per heavy atom. The van der Waals surface area contributed by atoms with Crippen molar-refractivity contribution < 1.29 is 4.79 Å². The van der Waals surface area contributed by atoms with Crippen LogP contribution in [0.5, 0.6) is 0 Å². The summed E-state index contributed by atoms with van der Waals surface area (Å²) in [6, 6.07) is 16.1. The second-order valence-corrected chi connectivity index (χ2v) is 4.11. The number of nitrogens with two attached hydrogens (primary N) is 2. The number of carbonyl (C=O) groups excluding carboxylic acids is 1. The number of guanidine groups is 1. The van der Waals surface area contributed by atoms with E-state index in [1.54, 1.807) is 30.3 Å². The molecule has 0 unspecified atom stereocenters. The van der Waals surface area contributed by atoms with E-state index in [9.17, 15) is 4.79 Å². The van der Waals surface area contributed by atoms with Crippen molar-refractivity contribution in [1.29, 1.82) is 5.26 Å². The van der Waals surface area contributed by atoms with Crippen molar-refractivity contribution in [3.8, 4) is 17.2 Å². The molecule has 2 rings (SSSR count). The molecule has 0 atom stereocenters. The lowest BCUT2D eigenvalue weighted by Crippen LogP contribution is -2.24. The van der Waals surface area contributed by atoms with Crippen LogP contribution in [0.3, 0.4) is 0 Å². The van der Waals surface area contributed by atoms with Crippen LogP contribution in [0.2, 0.25) is 0 Å². The van der Waals surface area contributed by atoms with Gasteiger partial charge < -0.3 is 11.5 Å². The van der Waals surface area contributed by atoms with Crippen LogP contribution >= 0.6 is 12.4 Å². The van der Waals surface area contributed by atoms with Gasteiger partial charge in [-0.3, -0.25) is 4.79 Å². The highest BCUT2D eigenvalue weighted by molar-refractivity contribution is 6.02. The quantitative estimate of drug-likeness (QED) is 0.654. The maximum Gasteiger partial charge on any atom is 0.280 e. The third-order valence-corrected chi connectivity index (χ3v) is 2.69. The number of nitriles is 1. The number of hydrogen-bond acceptors (Lipinski definition) is 2. The normalized spacial score (nSPS) is 9.10. The molecule has 5 nitrogen and oxygen atoms in total. The predicted molar refractivity (Wildman–Crippen MR) is 84.0 cm³/mol. The lowest BCUT2D eigenvalue weighted by atomic mass is 10.0. The largest absolute Gasteiger partial charge is 0.370 e. The molecule has 0 aliphatic carbocycles. The van der Waals surface area contributed by atoms with Crippen molar-refractivity contribution in [2.24, 2.45) is 16.5 Å². The summed E-state index contributed by atoms with van der Waals surface area (Å²) in [5.41, 5.74) is 13.1. The van der Waals surface area contributed by atoms with Gasteiger partial charge in [0, 0.05) is 5.56 Å². The third-order valence-electron chi connectivity index (χ3n) is 2.69. The molecule has 0 radical (unpaired) electrons. The van der Waals surface area contributed by atoms with Crippen LogP contribution < -0.4 is 11.5 Å². The number of halogens is 1. The summed E-state index contributed by atoms with van der Waals surface area (Å²) in [4.78, 5) is 15.2. The first-order valence-corrected chi connectivity index (χ1v) is 5.85. The smallest absolute Gasteiger partial charge is 0.280 e. The fraction of sp³-hybridized carbons (Fsp3) is 0. The summed E-state index contributed by atoms with van der Waals surface area (Å²) in [5.74, 6) is -0.751. The molecule has 1 amide bonds. The molecule has 0 spiro atoms. The van der Waals surface area contributed by atoms with E-state index in [2.05, 4.69) is 11.1 Å². The van der Waals surface area contributed by atoms with Gasteiger partial charge in [0.25, 0.3) is 5.91 Å². The van der Waals surface area contributed by atoms with Crippen molar-refractivity contribution in [2.75, 3.05) is 0 Å². The van der Waals surface area contributed by atoms with Crippen LogP contribution in [0.15, 0.2) is 53.5 Å². The first-order valence-electron chi connectivity index (χ1n) is 5.85. The lowest BCUT2D eigenvalue weighted by Gasteiger charge is -2.03. The molecule has 4 N–H and O–H groups in total. The molecule has 2 aromatic rings. The molecule has 0 aromatic heterocycles. The predicted octanol–water partition coefficient (Wildman–Crippen LogP) is 2.06. The number of aliphatic imine (C=N–C) groups is 1. The minimum Gasteiger partial charge on any atom is -0.370 e. The van der Waals surface area contributed by atoms with Crippen molar-refractivity contribution in [3.05, 3.63) is 59.7 Å². The summed E-state index contributed by atoms with van der Waals surface area (Å²) in [7, 11) is 0. The maximum absolute atomic E-state index is 11.7. The van der Waals surface area contributed by atoms with E-state index in [-0.39, 0.29) is 18.4 Å². The Morgan fingerprint density at radius 3 is 2.29 bits per heavy atom. The lowest BCUT2D eigenvalue weighted by molar-refractivity contribution is 0.100. The van der Waals surface area contributed by atoms with Gasteiger partial charge in [-0.05, 0) is 35.4 Å². The Labute approximate surface area is 128 Å². The van der Waals surface area contributed by atoms with Crippen LogP contribution in [0.25, 0.3) is 11.1 Å². The standard InChI is InChI=1S/C15H12N4O.ClH/c16-9-10-4-6-11(7-5-10)12-2-1-3-13(8-12)14(20)19-15(17)18;/h1-8H,(H4,17,18,19,20);1H. The second-order valence-electron chi connectivity index (χ2n) is 4.11. The zero-order valence-electron chi connectivity index (χ0n) is 11.0. The average molecular weight is 301 g/mol. The summed E-state index contributed by atoms with van der Waals surface area (Å²) in [6.07, 6.45) is 0. The van der Waals surface area contributed by atoms with Gasteiger partial charge in [0.2, 0.25) is 0 Å². The first-order chi connectivity index (χ1) is 9.60. The van der Waals surface area contributed by atoms with Gasteiger partial charge in [-0.2, -0.15) is 10.3 Å². The molecule has 106 valence electrons. The topological polar surface area (TPSA) is 105 Å². The Hall–Kier alpha value is -2.84. The van der Waals surface area contributed by atoms with Gasteiger partial charge in [0.05, 0.1) is 11.6 Å². The molecule has 0 heterocycles. The Balaban J connectivity index is 0.00000220. The first kappa shape index (κ1) is 16.2. The maximum atomic E-state index is 11.7. The third kappa shape index (κ3) is 4.06. The van der Waals surface area contributed by atoms with Gasteiger partial charge in [0.15, 0.2) is 5.96 Å². The number of carbonyl (C=O) groups is 1.